The molecule has 0 saturated carbocycles. The van der Waals surface area contributed by atoms with E-state index in [0.29, 0.717) is 0 Å². The van der Waals surface area contributed by atoms with Crippen molar-refractivity contribution in [3.8, 4) is 0 Å². The number of carbonyl (C=O) groups is 1. The lowest BCUT2D eigenvalue weighted by Gasteiger charge is -2.16. The molecule has 0 aliphatic carbocycles. The van der Waals surface area contributed by atoms with Crippen LogP contribution in [0.5, 0.6) is 0 Å². The molecule has 0 amide bonds. The summed E-state index contributed by atoms with van der Waals surface area (Å²) < 4.78 is 0. The fraction of sp³-hybridized carbons (Fsp3) is 0.833. The van der Waals surface area contributed by atoms with E-state index in [1.807, 2.05) is 0 Å². The number of hydrogen-bond acceptors (Lipinski definition) is 2. The molecule has 2 N–H and O–H groups in total. The highest BCUT2D eigenvalue weighted by Gasteiger charge is 2.35. The van der Waals surface area contributed by atoms with Crippen LogP contribution >= 0.6 is 12.4 Å². The van der Waals surface area contributed by atoms with E-state index in [1.54, 1.807) is 6.92 Å². The predicted octanol–water partition coefficient (Wildman–Crippen LogP) is 0.635. The molecule has 60 valence electrons. The van der Waals surface area contributed by atoms with E-state index in [0.717, 1.165) is 19.4 Å². The molecular formula is C6H12ClNO2. The molecule has 1 fully saturated rings. The Morgan fingerprint density at radius 2 is 2.30 bits per heavy atom. The second-order valence-electron chi connectivity index (χ2n) is 2.67. The molecule has 1 unspecified atom stereocenters. The molecule has 1 aliphatic rings. The maximum Gasteiger partial charge on any atom is 0.323 e. The normalized spacial score (nSPS) is 31.3. The van der Waals surface area contributed by atoms with Crippen molar-refractivity contribution < 1.29 is 9.90 Å². The van der Waals surface area contributed by atoms with Gasteiger partial charge >= 0.3 is 5.97 Å². The summed E-state index contributed by atoms with van der Waals surface area (Å²) in [6.45, 7) is 2.56. The third-order valence-electron chi connectivity index (χ3n) is 1.84. The quantitative estimate of drug-likeness (QED) is 0.600. The smallest absolute Gasteiger partial charge is 0.323 e. The lowest BCUT2D eigenvalue weighted by Crippen LogP contribution is -2.44. The summed E-state index contributed by atoms with van der Waals surface area (Å²) in [5.41, 5.74) is -0.639. The minimum Gasteiger partial charge on any atom is -0.480 e. The molecule has 10 heavy (non-hydrogen) atoms. The minimum atomic E-state index is -0.736. The fourth-order valence-electron chi connectivity index (χ4n) is 1.08. The number of aliphatic carboxylic acids is 1. The Hall–Kier alpha value is -0.280. The van der Waals surface area contributed by atoms with E-state index < -0.39 is 11.5 Å². The molecule has 0 aromatic carbocycles. The molecule has 0 spiro atoms. The highest BCUT2D eigenvalue weighted by atomic mass is 35.5. The Morgan fingerprint density at radius 1 is 1.70 bits per heavy atom. The monoisotopic (exact) mass is 165 g/mol. The van der Waals surface area contributed by atoms with Crippen LogP contribution in [-0.4, -0.2) is 23.2 Å². The van der Waals surface area contributed by atoms with Gasteiger partial charge in [-0.1, -0.05) is 0 Å². The van der Waals surface area contributed by atoms with Crippen molar-refractivity contribution >= 4 is 18.4 Å². The molecule has 1 aliphatic heterocycles. The van der Waals surface area contributed by atoms with Crippen LogP contribution in [0.25, 0.3) is 0 Å². The first kappa shape index (κ1) is 9.72. The third-order valence-corrected chi connectivity index (χ3v) is 1.84. The molecule has 1 rings (SSSR count). The van der Waals surface area contributed by atoms with Crippen LogP contribution in [0.4, 0.5) is 0 Å². The summed E-state index contributed by atoms with van der Waals surface area (Å²) in [5.74, 6) is -0.736. The molecule has 1 saturated heterocycles. The average molecular weight is 166 g/mol. The van der Waals surface area contributed by atoms with E-state index >= 15 is 0 Å². The predicted molar refractivity (Wildman–Crippen MR) is 40.5 cm³/mol. The summed E-state index contributed by atoms with van der Waals surface area (Å²) >= 11 is 0. The van der Waals surface area contributed by atoms with Crippen molar-refractivity contribution in [2.45, 2.75) is 25.3 Å². The Labute approximate surface area is 66.2 Å². The van der Waals surface area contributed by atoms with Crippen LogP contribution < -0.4 is 5.32 Å². The average Bonchev–Trinajstić information content (AvgIpc) is 2.16. The van der Waals surface area contributed by atoms with E-state index in [2.05, 4.69) is 5.32 Å². The van der Waals surface area contributed by atoms with E-state index in [4.69, 9.17) is 5.11 Å². The van der Waals surface area contributed by atoms with Crippen LogP contribution in [-0.2, 0) is 4.79 Å². The van der Waals surface area contributed by atoms with E-state index in [-0.39, 0.29) is 12.4 Å². The summed E-state index contributed by atoms with van der Waals surface area (Å²) in [7, 11) is 0. The topological polar surface area (TPSA) is 49.3 Å². The molecule has 0 bridgehead atoms. The van der Waals surface area contributed by atoms with Crippen molar-refractivity contribution in [2.75, 3.05) is 6.54 Å². The van der Waals surface area contributed by atoms with Crippen LogP contribution in [0.15, 0.2) is 0 Å². The second kappa shape index (κ2) is 3.21. The van der Waals surface area contributed by atoms with Crippen molar-refractivity contribution in [2.24, 2.45) is 0 Å². The summed E-state index contributed by atoms with van der Waals surface area (Å²) in [6, 6.07) is 0. The summed E-state index contributed by atoms with van der Waals surface area (Å²) in [6.07, 6.45) is 1.73. The van der Waals surface area contributed by atoms with Crippen LogP contribution in [0, 0.1) is 0 Å². The molecular weight excluding hydrogens is 154 g/mol. The van der Waals surface area contributed by atoms with Gasteiger partial charge in [0.1, 0.15) is 5.54 Å². The molecule has 0 radical (unpaired) electrons. The second-order valence-corrected chi connectivity index (χ2v) is 2.67. The number of carboxylic acids is 1. The van der Waals surface area contributed by atoms with Gasteiger partial charge in [0, 0.05) is 0 Å². The van der Waals surface area contributed by atoms with Crippen LogP contribution in [0.3, 0.4) is 0 Å². The number of hydrogen-bond donors (Lipinski definition) is 2. The summed E-state index contributed by atoms with van der Waals surface area (Å²) in [5, 5.41) is 11.5. The first-order valence-electron chi connectivity index (χ1n) is 3.13. The van der Waals surface area contributed by atoms with E-state index in [1.165, 1.54) is 0 Å². The lowest BCUT2D eigenvalue weighted by atomic mass is 10.0. The Bertz CT molecular complexity index is 132. The van der Waals surface area contributed by atoms with Crippen LogP contribution in [0.1, 0.15) is 19.8 Å². The zero-order valence-corrected chi connectivity index (χ0v) is 6.70. The Balaban J connectivity index is 0.000000810. The van der Waals surface area contributed by atoms with E-state index in [9.17, 15) is 4.79 Å². The minimum absolute atomic E-state index is 0. The zero-order valence-electron chi connectivity index (χ0n) is 5.89. The zero-order chi connectivity index (χ0) is 6.91. The molecule has 0 aromatic heterocycles. The number of halogens is 1. The van der Waals surface area contributed by atoms with Gasteiger partial charge in [0.25, 0.3) is 0 Å². The molecule has 3 nitrogen and oxygen atoms in total. The van der Waals surface area contributed by atoms with Gasteiger partial charge in [0.2, 0.25) is 0 Å². The third kappa shape index (κ3) is 1.61. The Kier molecular flexibility index (Phi) is 3.12. The SMILES string of the molecule is CC1(C(=O)O)CCCN1.Cl. The number of nitrogens with one attached hydrogen (secondary N) is 1. The highest BCUT2D eigenvalue weighted by molar-refractivity contribution is 5.85. The van der Waals surface area contributed by atoms with Crippen molar-refractivity contribution in [1.29, 1.82) is 0 Å². The first-order valence-corrected chi connectivity index (χ1v) is 3.13. The summed E-state index contributed by atoms with van der Waals surface area (Å²) in [4.78, 5) is 10.5. The van der Waals surface area contributed by atoms with Gasteiger partial charge in [-0.15, -0.1) is 12.4 Å². The van der Waals surface area contributed by atoms with Crippen molar-refractivity contribution in [3.05, 3.63) is 0 Å². The molecule has 4 heteroatoms. The largest absolute Gasteiger partial charge is 0.480 e. The standard InChI is InChI=1S/C6H11NO2.ClH/c1-6(5(8)9)3-2-4-7-6;/h7H,2-4H2,1H3,(H,8,9);1H. The van der Waals surface area contributed by atoms with Gasteiger partial charge < -0.3 is 10.4 Å². The van der Waals surface area contributed by atoms with Crippen molar-refractivity contribution in [3.63, 3.8) is 0 Å². The van der Waals surface area contributed by atoms with Gasteiger partial charge in [-0.25, -0.2) is 0 Å². The molecule has 1 heterocycles. The van der Waals surface area contributed by atoms with Gasteiger partial charge in [0.15, 0.2) is 0 Å². The van der Waals surface area contributed by atoms with Crippen molar-refractivity contribution in [1.82, 2.24) is 5.32 Å². The maximum atomic E-state index is 10.5. The Morgan fingerprint density at radius 3 is 2.50 bits per heavy atom. The lowest BCUT2D eigenvalue weighted by molar-refractivity contribution is -0.143. The molecule has 1 atom stereocenters. The van der Waals surface area contributed by atoms with Gasteiger partial charge in [0.05, 0.1) is 0 Å². The maximum absolute atomic E-state index is 10.5. The van der Waals surface area contributed by atoms with Crippen LogP contribution in [0.2, 0.25) is 0 Å². The van der Waals surface area contributed by atoms with Gasteiger partial charge in [-0.05, 0) is 26.3 Å². The van der Waals surface area contributed by atoms with Gasteiger partial charge in [-0.2, -0.15) is 0 Å². The fourth-order valence-corrected chi connectivity index (χ4v) is 1.08. The number of carboxylic acid groups (broad SMARTS) is 1. The number of rotatable bonds is 1. The first-order chi connectivity index (χ1) is 4.15. The highest BCUT2D eigenvalue weighted by Crippen LogP contribution is 2.17. The molecule has 0 aromatic rings. The van der Waals surface area contributed by atoms with Gasteiger partial charge in [-0.3, -0.25) is 4.79 Å².